The lowest BCUT2D eigenvalue weighted by Crippen LogP contribution is -2.36. The summed E-state index contributed by atoms with van der Waals surface area (Å²) in [5.74, 6) is 0.364. The maximum Gasteiger partial charge on any atom is 0.294 e. The number of carbonyl (C=O) groups excluding carboxylic acids is 1. The Hall–Kier alpha value is -2.65. The number of aromatic nitrogens is 3. The molecule has 0 saturated carbocycles. The average molecular weight is 435 g/mol. The van der Waals surface area contributed by atoms with Crippen molar-refractivity contribution in [1.29, 1.82) is 0 Å². The van der Waals surface area contributed by atoms with Gasteiger partial charge in [0.15, 0.2) is 11.0 Å². The maximum absolute atomic E-state index is 13.0. The topological polar surface area (TPSA) is 124 Å². The second-order valence-corrected chi connectivity index (χ2v) is 7.61. The van der Waals surface area contributed by atoms with Crippen LogP contribution in [0.5, 0.6) is 0 Å². The van der Waals surface area contributed by atoms with E-state index in [1.807, 2.05) is 13.0 Å². The Morgan fingerprint density at radius 2 is 2.17 bits per heavy atom. The van der Waals surface area contributed by atoms with Crippen LogP contribution in [0.3, 0.4) is 0 Å². The highest BCUT2D eigenvalue weighted by atomic mass is 35.5. The molecule has 0 radical (unpaired) electrons. The van der Waals surface area contributed by atoms with Crippen molar-refractivity contribution in [3.63, 3.8) is 0 Å². The molecule has 162 valence electrons. The number of unbranched alkanes of at least 4 members (excludes halogenated alkanes) is 1. The molecular formula is C20H27ClN6O3. The van der Waals surface area contributed by atoms with Crippen molar-refractivity contribution in [1.82, 2.24) is 19.9 Å². The van der Waals surface area contributed by atoms with E-state index in [4.69, 9.17) is 22.1 Å². The van der Waals surface area contributed by atoms with Crippen molar-refractivity contribution >= 4 is 29.1 Å². The minimum Gasteiger partial charge on any atom is -0.385 e. The summed E-state index contributed by atoms with van der Waals surface area (Å²) < 4.78 is 6.49. The molecule has 0 bridgehead atoms. The number of ether oxygens (including phenoxy) is 1. The molecule has 0 fully saturated rings. The van der Waals surface area contributed by atoms with E-state index in [1.54, 1.807) is 13.2 Å². The van der Waals surface area contributed by atoms with Crippen molar-refractivity contribution in [2.75, 3.05) is 31.3 Å². The second-order valence-electron chi connectivity index (χ2n) is 7.25. The van der Waals surface area contributed by atoms with Crippen LogP contribution in [0.25, 0.3) is 0 Å². The first-order chi connectivity index (χ1) is 14.4. The lowest BCUT2D eigenvalue weighted by atomic mass is 10.1. The Morgan fingerprint density at radius 3 is 2.90 bits per heavy atom. The van der Waals surface area contributed by atoms with Crippen molar-refractivity contribution in [3.05, 3.63) is 44.6 Å². The molecule has 2 aromatic rings. The molecule has 9 nitrogen and oxygen atoms in total. The average Bonchev–Trinajstić information content (AvgIpc) is 3.16. The summed E-state index contributed by atoms with van der Waals surface area (Å²) in [6.45, 7) is 3.37. The Kier molecular flexibility index (Phi) is 7.28. The number of pyridine rings is 1. The quantitative estimate of drug-likeness (QED) is 0.514. The molecule has 1 aliphatic rings. The zero-order valence-electron chi connectivity index (χ0n) is 17.2. The van der Waals surface area contributed by atoms with Gasteiger partial charge in [-0.3, -0.25) is 14.2 Å². The van der Waals surface area contributed by atoms with E-state index in [9.17, 15) is 9.59 Å². The fourth-order valence-corrected chi connectivity index (χ4v) is 3.81. The van der Waals surface area contributed by atoms with Crippen LogP contribution >= 0.6 is 11.6 Å². The van der Waals surface area contributed by atoms with Crippen molar-refractivity contribution in [2.24, 2.45) is 0 Å². The summed E-state index contributed by atoms with van der Waals surface area (Å²) in [5, 5.41) is 6.19. The van der Waals surface area contributed by atoms with Crippen LogP contribution in [0.1, 0.15) is 42.3 Å². The normalized spacial score (nSPS) is 15.1. The number of methoxy groups -OCH3 is 1. The van der Waals surface area contributed by atoms with Gasteiger partial charge in [-0.15, -0.1) is 0 Å². The molecule has 1 amide bonds. The largest absolute Gasteiger partial charge is 0.385 e. The first-order valence-electron chi connectivity index (χ1n) is 9.95. The van der Waals surface area contributed by atoms with Crippen LogP contribution in [0.4, 0.5) is 11.6 Å². The summed E-state index contributed by atoms with van der Waals surface area (Å²) in [4.78, 5) is 34.2. The minimum atomic E-state index is -0.621. The van der Waals surface area contributed by atoms with Crippen LogP contribution < -0.4 is 21.9 Å². The highest BCUT2D eigenvalue weighted by molar-refractivity contribution is 6.30. The molecule has 4 N–H and O–H groups in total. The van der Waals surface area contributed by atoms with Crippen molar-refractivity contribution in [2.45, 2.75) is 45.2 Å². The van der Waals surface area contributed by atoms with Gasteiger partial charge < -0.3 is 21.1 Å². The molecule has 1 atom stereocenters. The fourth-order valence-electron chi connectivity index (χ4n) is 3.54. The highest BCUT2D eigenvalue weighted by Crippen LogP contribution is 2.29. The van der Waals surface area contributed by atoms with E-state index in [1.165, 1.54) is 4.57 Å². The third-order valence-electron chi connectivity index (χ3n) is 5.17. The van der Waals surface area contributed by atoms with Crippen LogP contribution in [0.2, 0.25) is 5.15 Å². The number of nitrogens with two attached hydrogens (primary N) is 1. The maximum atomic E-state index is 13.0. The molecule has 0 spiro atoms. The second kappa shape index (κ2) is 9.90. The predicted molar refractivity (Wildman–Crippen MR) is 116 cm³/mol. The number of nitrogen functional groups attached to an aromatic ring is 1. The van der Waals surface area contributed by atoms with Gasteiger partial charge in [0.25, 0.3) is 5.56 Å². The number of hydrogen-bond donors (Lipinski definition) is 3. The SMILES string of the molecule is COCCCCNc1nc(Cl)c2n(c1=O)[C@H](C(=O)NCc1ccc(N)nc1C)CC2. The number of rotatable bonds is 9. The molecule has 3 rings (SSSR count). The number of halogens is 1. The van der Waals surface area contributed by atoms with Crippen LogP contribution in [0.15, 0.2) is 16.9 Å². The van der Waals surface area contributed by atoms with Crippen LogP contribution in [-0.4, -0.2) is 40.7 Å². The third kappa shape index (κ3) is 4.91. The monoisotopic (exact) mass is 434 g/mol. The molecule has 10 heteroatoms. The van der Waals surface area contributed by atoms with Crippen LogP contribution in [0, 0.1) is 6.92 Å². The zero-order chi connectivity index (χ0) is 21.7. The van der Waals surface area contributed by atoms with Gasteiger partial charge in [-0.2, -0.15) is 0 Å². The molecule has 0 aromatic carbocycles. The molecule has 0 saturated heterocycles. The Balaban J connectivity index is 1.72. The minimum absolute atomic E-state index is 0.166. The first kappa shape index (κ1) is 22.0. The van der Waals surface area contributed by atoms with E-state index in [0.29, 0.717) is 44.0 Å². The standard InChI is InChI=1S/C20H27ClN6O3/c1-12-13(5-8-16(22)25-12)11-24-19(28)15-7-6-14-17(21)26-18(20(29)27(14)15)23-9-3-4-10-30-2/h5,8,15H,3-4,6-7,9-11H2,1-2H3,(H2,22,25)(H,23,26)(H,24,28)/t15-/m0/s1. The molecule has 0 unspecified atom stereocenters. The van der Waals surface area contributed by atoms with E-state index in [2.05, 4.69) is 20.6 Å². The molecule has 30 heavy (non-hydrogen) atoms. The lowest BCUT2D eigenvalue weighted by Gasteiger charge is -2.17. The van der Waals surface area contributed by atoms with Gasteiger partial charge in [0, 0.05) is 32.5 Å². The molecule has 0 aliphatic carbocycles. The van der Waals surface area contributed by atoms with Gasteiger partial charge in [-0.05, 0) is 44.2 Å². The highest BCUT2D eigenvalue weighted by Gasteiger charge is 2.32. The molecular weight excluding hydrogens is 408 g/mol. The number of carbonyl (C=O) groups is 1. The van der Waals surface area contributed by atoms with E-state index in [-0.39, 0.29) is 22.4 Å². The number of hydrogen-bond acceptors (Lipinski definition) is 7. The van der Waals surface area contributed by atoms with Gasteiger partial charge >= 0.3 is 0 Å². The molecule has 1 aliphatic heterocycles. The molecule has 3 heterocycles. The van der Waals surface area contributed by atoms with Gasteiger partial charge in [0.1, 0.15) is 11.9 Å². The van der Waals surface area contributed by atoms with E-state index >= 15 is 0 Å². The van der Waals surface area contributed by atoms with Gasteiger partial charge in [-0.1, -0.05) is 17.7 Å². The van der Waals surface area contributed by atoms with Crippen LogP contribution in [-0.2, 0) is 22.5 Å². The number of nitrogens with one attached hydrogen (secondary N) is 2. The lowest BCUT2D eigenvalue weighted by molar-refractivity contribution is -0.124. The first-order valence-corrected chi connectivity index (χ1v) is 10.3. The summed E-state index contributed by atoms with van der Waals surface area (Å²) in [6, 6.07) is 2.91. The van der Waals surface area contributed by atoms with Crippen molar-refractivity contribution < 1.29 is 9.53 Å². The zero-order valence-corrected chi connectivity index (χ0v) is 18.0. The van der Waals surface area contributed by atoms with E-state index in [0.717, 1.165) is 24.1 Å². The number of amides is 1. The van der Waals surface area contributed by atoms with Gasteiger partial charge in [0.05, 0.1) is 5.69 Å². The number of anilines is 2. The molecule has 2 aromatic heterocycles. The summed E-state index contributed by atoms with van der Waals surface area (Å²) in [6.07, 6.45) is 2.72. The number of nitrogens with zero attached hydrogens (tertiary/aromatic N) is 3. The number of fused-ring (bicyclic) bond motifs is 1. The third-order valence-corrected chi connectivity index (χ3v) is 5.47. The fraction of sp³-hybridized carbons (Fsp3) is 0.500. The van der Waals surface area contributed by atoms with Crippen molar-refractivity contribution in [3.8, 4) is 0 Å². The summed E-state index contributed by atoms with van der Waals surface area (Å²) in [7, 11) is 1.65. The smallest absolute Gasteiger partial charge is 0.294 e. The Bertz CT molecular complexity index is 978. The predicted octanol–water partition coefficient (Wildman–Crippen LogP) is 1.82. The van der Waals surface area contributed by atoms with Gasteiger partial charge in [-0.25, -0.2) is 9.97 Å². The Labute approximate surface area is 180 Å². The number of aryl methyl sites for hydroxylation is 1. The summed E-state index contributed by atoms with van der Waals surface area (Å²) >= 11 is 6.31. The summed E-state index contributed by atoms with van der Waals surface area (Å²) in [5.41, 5.74) is 7.56. The van der Waals surface area contributed by atoms with Gasteiger partial charge in [0.2, 0.25) is 5.91 Å². The van der Waals surface area contributed by atoms with E-state index < -0.39 is 6.04 Å². The Morgan fingerprint density at radius 1 is 1.37 bits per heavy atom.